The summed E-state index contributed by atoms with van der Waals surface area (Å²) in [5.41, 5.74) is 2.08. The zero-order chi connectivity index (χ0) is 9.42. The third kappa shape index (κ3) is 1.38. The Kier molecular flexibility index (Phi) is 2.14. The molecule has 0 saturated carbocycles. The first-order chi connectivity index (χ1) is 6.22. The lowest BCUT2D eigenvalue weighted by atomic mass is 10.2. The second-order valence-electron chi connectivity index (χ2n) is 3.06. The monoisotopic (exact) mass is 239 g/mol. The highest BCUT2D eigenvalue weighted by atomic mass is 79.9. The molecule has 0 aliphatic heterocycles. The van der Waals surface area contributed by atoms with Crippen LogP contribution < -0.4 is 0 Å². The van der Waals surface area contributed by atoms with Crippen molar-refractivity contribution in [2.75, 3.05) is 0 Å². The summed E-state index contributed by atoms with van der Waals surface area (Å²) < 4.78 is 3.06. The largest absolute Gasteiger partial charge is 0.390 e. The molecule has 0 spiro atoms. The number of nitrogens with zero attached hydrogens (tertiary/aromatic N) is 1. The van der Waals surface area contributed by atoms with Crippen molar-refractivity contribution in [1.29, 1.82) is 0 Å². The summed E-state index contributed by atoms with van der Waals surface area (Å²) in [6.45, 7) is 0.0861. The van der Waals surface area contributed by atoms with Crippen molar-refractivity contribution in [2.24, 2.45) is 7.05 Å². The number of aliphatic hydroxyl groups excluding tert-OH is 1. The Morgan fingerprint density at radius 3 is 2.85 bits per heavy atom. The average molecular weight is 240 g/mol. The first kappa shape index (κ1) is 8.78. The maximum atomic E-state index is 9.06. The van der Waals surface area contributed by atoms with Crippen LogP contribution >= 0.6 is 15.9 Å². The third-order valence-electron chi connectivity index (χ3n) is 2.27. The minimum atomic E-state index is 0.0861. The van der Waals surface area contributed by atoms with Gasteiger partial charge in [-0.1, -0.05) is 22.0 Å². The Morgan fingerprint density at radius 2 is 2.15 bits per heavy atom. The van der Waals surface area contributed by atoms with Gasteiger partial charge in [0.15, 0.2) is 0 Å². The van der Waals surface area contributed by atoms with E-state index in [0.717, 1.165) is 21.1 Å². The SMILES string of the molecule is Cn1c(CO)cc2ccc(Br)cc21. The molecule has 2 aromatic rings. The van der Waals surface area contributed by atoms with Crippen LogP contribution in [-0.2, 0) is 13.7 Å². The Bertz CT molecular complexity index is 447. The molecule has 0 fully saturated rings. The summed E-state index contributed by atoms with van der Waals surface area (Å²) >= 11 is 3.42. The Labute approximate surface area is 84.9 Å². The van der Waals surface area contributed by atoms with Gasteiger partial charge >= 0.3 is 0 Å². The molecule has 0 amide bonds. The number of aliphatic hydroxyl groups is 1. The van der Waals surface area contributed by atoms with Crippen LogP contribution in [0.4, 0.5) is 0 Å². The topological polar surface area (TPSA) is 25.2 Å². The number of fused-ring (bicyclic) bond motifs is 1. The van der Waals surface area contributed by atoms with E-state index in [2.05, 4.69) is 22.0 Å². The number of aromatic nitrogens is 1. The fourth-order valence-corrected chi connectivity index (χ4v) is 1.86. The highest BCUT2D eigenvalue weighted by Crippen LogP contribution is 2.22. The Morgan fingerprint density at radius 1 is 1.38 bits per heavy atom. The van der Waals surface area contributed by atoms with E-state index < -0.39 is 0 Å². The molecule has 68 valence electrons. The van der Waals surface area contributed by atoms with Crippen LogP contribution in [0.1, 0.15) is 5.69 Å². The Balaban J connectivity index is 2.77. The van der Waals surface area contributed by atoms with Gasteiger partial charge in [-0.3, -0.25) is 0 Å². The first-order valence-corrected chi connectivity index (χ1v) is 4.86. The summed E-state index contributed by atoms with van der Waals surface area (Å²) in [5.74, 6) is 0. The van der Waals surface area contributed by atoms with Crippen molar-refractivity contribution in [1.82, 2.24) is 4.57 Å². The molecule has 0 radical (unpaired) electrons. The van der Waals surface area contributed by atoms with Gasteiger partial charge in [-0.25, -0.2) is 0 Å². The number of aryl methyl sites for hydroxylation is 1. The van der Waals surface area contributed by atoms with Gasteiger partial charge in [0.2, 0.25) is 0 Å². The zero-order valence-corrected chi connectivity index (χ0v) is 8.87. The molecule has 1 aromatic carbocycles. The van der Waals surface area contributed by atoms with E-state index >= 15 is 0 Å². The molecule has 0 atom stereocenters. The quantitative estimate of drug-likeness (QED) is 0.813. The molecule has 1 aromatic heterocycles. The average Bonchev–Trinajstić information content (AvgIpc) is 2.44. The molecule has 0 aliphatic carbocycles. The van der Waals surface area contributed by atoms with Gasteiger partial charge in [0.1, 0.15) is 0 Å². The van der Waals surface area contributed by atoms with E-state index in [1.54, 1.807) is 0 Å². The van der Waals surface area contributed by atoms with Gasteiger partial charge in [0, 0.05) is 28.1 Å². The minimum absolute atomic E-state index is 0.0861. The molecule has 0 saturated heterocycles. The molecule has 2 rings (SSSR count). The maximum absolute atomic E-state index is 9.06. The van der Waals surface area contributed by atoms with Gasteiger partial charge < -0.3 is 9.67 Å². The van der Waals surface area contributed by atoms with Crippen LogP contribution in [0.3, 0.4) is 0 Å². The molecule has 0 unspecified atom stereocenters. The predicted octanol–water partition coefficient (Wildman–Crippen LogP) is 2.43. The summed E-state index contributed by atoms with van der Waals surface area (Å²) in [4.78, 5) is 0. The van der Waals surface area contributed by atoms with E-state index in [-0.39, 0.29) is 6.61 Å². The molecule has 2 nitrogen and oxygen atoms in total. The summed E-state index contributed by atoms with van der Waals surface area (Å²) in [6.07, 6.45) is 0. The van der Waals surface area contributed by atoms with E-state index in [4.69, 9.17) is 5.11 Å². The van der Waals surface area contributed by atoms with Crippen molar-refractivity contribution in [3.63, 3.8) is 0 Å². The molecular formula is C10H10BrNO. The van der Waals surface area contributed by atoms with Crippen molar-refractivity contribution in [2.45, 2.75) is 6.61 Å². The normalized spacial score (nSPS) is 11.0. The minimum Gasteiger partial charge on any atom is -0.390 e. The second kappa shape index (κ2) is 3.16. The predicted molar refractivity (Wildman–Crippen MR) is 56.5 cm³/mol. The number of rotatable bonds is 1. The van der Waals surface area contributed by atoms with E-state index in [1.807, 2.05) is 29.8 Å². The number of hydrogen-bond acceptors (Lipinski definition) is 1. The summed E-state index contributed by atoms with van der Waals surface area (Å²) in [6, 6.07) is 8.10. The van der Waals surface area contributed by atoms with Gasteiger partial charge in [-0.15, -0.1) is 0 Å². The highest BCUT2D eigenvalue weighted by Gasteiger charge is 2.04. The lowest BCUT2D eigenvalue weighted by Crippen LogP contribution is -1.94. The van der Waals surface area contributed by atoms with Crippen LogP contribution in [0.15, 0.2) is 28.7 Å². The fourth-order valence-electron chi connectivity index (χ4n) is 1.51. The molecule has 1 N–H and O–H groups in total. The van der Waals surface area contributed by atoms with Gasteiger partial charge in [0.05, 0.1) is 6.61 Å². The third-order valence-corrected chi connectivity index (χ3v) is 2.76. The maximum Gasteiger partial charge on any atom is 0.0833 e. The van der Waals surface area contributed by atoms with Crippen molar-refractivity contribution in [3.05, 3.63) is 34.4 Å². The lowest BCUT2D eigenvalue weighted by Gasteiger charge is -2.00. The van der Waals surface area contributed by atoms with Crippen LogP contribution in [0.2, 0.25) is 0 Å². The molecule has 13 heavy (non-hydrogen) atoms. The van der Waals surface area contributed by atoms with E-state index in [9.17, 15) is 0 Å². The fraction of sp³-hybridized carbons (Fsp3) is 0.200. The highest BCUT2D eigenvalue weighted by molar-refractivity contribution is 9.10. The molecule has 1 heterocycles. The van der Waals surface area contributed by atoms with Crippen molar-refractivity contribution < 1.29 is 5.11 Å². The number of hydrogen-bond donors (Lipinski definition) is 1. The molecule has 0 aliphatic rings. The molecular weight excluding hydrogens is 230 g/mol. The van der Waals surface area contributed by atoms with Gasteiger partial charge in [-0.2, -0.15) is 0 Å². The van der Waals surface area contributed by atoms with Crippen LogP contribution in [0.5, 0.6) is 0 Å². The van der Waals surface area contributed by atoms with Gasteiger partial charge in [0.25, 0.3) is 0 Å². The Hall–Kier alpha value is -0.800. The van der Waals surface area contributed by atoms with Crippen LogP contribution in [0.25, 0.3) is 10.9 Å². The van der Waals surface area contributed by atoms with Crippen LogP contribution in [-0.4, -0.2) is 9.67 Å². The van der Waals surface area contributed by atoms with E-state index in [1.165, 1.54) is 0 Å². The zero-order valence-electron chi connectivity index (χ0n) is 7.29. The lowest BCUT2D eigenvalue weighted by molar-refractivity contribution is 0.273. The summed E-state index contributed by atoms with van der Waals surface area (Å²) in [7, 11) is 1.96. The summed E-state index contributed by atoms with van der Waals surface area (Å²) in [5, 5.41) is 10.2. The number of benzene rings is 1. The van der Waals surface area contributed by atoms with E-state index in [0.29, 0.717) is 0 Å². The van der Waals surface area contributed by atoms with Gasteiger partial charge in [-0.05, 0) is 18.2 Å². The van der Waals surface area contributed by atoms with Crippen LogP contribution in [0, 0.1) is 0 Å². The van der Waals surface area contributed by atoms with Crippen molar-refractivity contribution >= 4 is 26.8 Å². The molecule has 3 heteroatoms. The second-order valence-corrected chi connectivity index (χ2v) is 3.97. The first-order valence-electron chi connectivity index (χ1n) is 4.07. The van der Waals surface area contributed by atoms with Crippen molar-refractivity contribution in [3.8, 4) is 0 Å². The standard InChI is InChI=1S/C10H10BrNO/c1-12-9(6-13)4-7-2-3-8(11)5-10(7)12/h2-5,13H,6H2,1H3. The smallest absolute Gasteiger partial charge is 0.0833 e. The number of halogens is 1. The molecule has 0 bridgehead atoms.